The van der Waals surface area contributed by atoms with Gasteiger partial charge in [-0.25, -0.2) is 0 Å². The third-order valence-corrected chi connectivity index (χ3v) is 4.61. The van der Waals surface area contributed by atoms with Crippen molar-refractivity contribution < 1.29 is 15.0 Å². The predicted octanol–water partition coefficient (Wildman–Crippen LogP) is 0.781. The zero-order valence-corrected chi connectivity index (χ0v) is 13.1. The summed E-state index contributed by atoms with van der Waals surface area (Å²) in [4.78, 5) is 22.1. The van der Waals surface area contributed by atoms with Crippen LogP contribution < -0.4 is 0 Å². The third-order valence-electron chi connectivity index (χ3n) is 4.61. The van der Waals surface area contributed by atoms with Crippen LogP contribution in [0.4, 0.5) is 0 Å². The lowest BCUT2D eigenvalue weighted by Gasteiger charge is -2.44. The van der Waals surface area contributed by atoms with Crippen LogP contribution in [-0.4, -0.2) is 56.8 Å². The third kappa shape index (κ3) is 3.81. The molecular formula is C16H25N3O3. The van der Waals surface area contributed by atoms with Gasteiger partial charge in [-0.15, -0.1) is 0 Å². The van der Waals surface area contributed by atoms with Crippen LogP contribution in [0.15, 0.2) is 18.6 Å². The Bertz CT molecular complexity index is 483. The van der Waals surface area contributed by atoms with Gasteiger partial charge in [-0.1, -0.05) is 13.3 Å². The second kappa shape index (κ2) is 7.65. The zero-order chi connectivity index (χ0) is 16.0. The van der Waals surface area contributed by atoms with Crippen molar-refractivity contribution in [2.24, 2.45) is 5.41 Å². The first kappa shape index (κ1) is 16.8. The molecule has 1 saturated heterocycles. The molecule has 1 aliphatic rings. The highest BCUT2D eigenvalue weighted by Crippen LogP contribution is 2.36. The number of aryl methyl sites for hydroxylation is 1. The molecule has 122 valence electrons. The Labute approximate surface area is 131 Å². The van der Waals surface area contributed by atoms with E-state index in [1.165, 1.54) is 0 Å². The second-order valence-electron chi connectivity index (χ2n) is 6.07. The fourth-order valence-corrected chi connectivity index (χ4v) is 3.15. The van der Waals surface area contributed by atoms with Crippen LogP contribution in [0.1, 0.15) is 38.3 Å². The quantitative estimate of drug-likeness (QED) is 0.811. The molecule has 1 fully saturated rings. The Morgan fingerprint density at radius 2 is 2.32 bits per heavy atom. The highest BCUT2D eigenvalue weighted by atomic mass is 16.3. The molecule has 6 nitrogen and oxygen atoms in total. The van der Waals surface area contributed by atoms with Gasteiger partial charge < -0.3 is 15.1 Å². The van der Waals surface area contributed by atoms with Crippen molar-refractivity contribution in [3.05, 3.63) is 24.3 Å². The first-order chi connectivity index (χ1) is 10.6. The molecule has 1 aliphatic heterocycles. The summed E-state index contributed by atoms with van der Waals surface area (Å²) >= 11 is 0. The Morgan fingerprint density at radius 1 is 1.50 bits per heavy atom. The zero-order valence-electron chi connectivity index (χ0n) is 13.1. The van der Waals surface area contributed by atoms with Gasteiger partial charge in [0.05, 0.1) is 18.4 Å². The summed E-state index contributed by atoms with van der Waals surface area (Å²) in [5, 5.41) is 20.0. The predicted molar refractivity (Wildman–Crippen MR) is 82.0 cm³/mol. The van der Waals surface area contributed by atoms with E-state index >= 15 is 0 Å². The van der Waals surface area contributed by atoms with Crippen molar-refractivity contribution in [3.63, 3.8) is 0 Å². The molecule has 2 heterocycles. The summed E-state index contributed by atoms with van der Waals surface area (Å²) in [5.74, 6) is 0.0211. The summed E-state index contributed by atoms with van der Waals surface area (Å²) in [6.45, 7) is 2.92. The lowest BCUT2D eigenvalue weighted by atomic mass is 9.73. The molecule has 6 heteroatoms. The number of amides is 1. The van der Waals surface area contributed by atoms with E-state index in [2.05, 4.69) is 9.97 Å². The van der Waals surface area contributed by atoms with Gasteiger partial charge in [0, 0.05) is 43.5 Å². The van der Waals surface area contributed by atoms with Crippen LogP contribution in [-0.2, 0) is 11.2 Å². The number of carbonyl (C=O) groups is 1. The van der Waals surface area contributed by atoms with Gasteiger partial charge in [0.15, 0.2) is 0 Å². The first-order valence-corrected chi connectivity index (χ1v) is 7.93. The summed E-state index contributed by atoms with van der Waals surface area (Å²) in [5.41, 5.74) is 0.347. The van der Waals surface area contributed by atoms with Gasteiger partial charge in [-0.3, -0.25) is 14.8 Å². The number of rotatable bonds is 6. The van der Waals surface area contributed by atoms with Crippen LogP contribution in [0.3, 0.4) is 0 Å². The van der Waals surface area contributed by atoms with Crippen molar-refractivity contribution in [1.82, 2.24) is 14.9 Å². The molecule has 2 rings (SSSR count). The highest BCUT2D eigenvalue weighted by molar-refractivity contribution is 5.76. The first-order valence-electron chi connectivity index (χ1n) is 7.93. The molecule has 2 N–H and O–H groups in total. The van der Waals surface area contributed by atoms with Crippen LogP contribution in [0.2, 0.25) is 0 Å². The normalized spacial score (nSPS) is 25.2. The van der Waals surface area contributed by atoms with E-state index in [0.717, 1.165) is 18.5 Å². The van der Waals surface area contributed by atoms with Crippen molar-refractivity contribution in [3.8, 4) is 0 Å². The summed E-state index contributed by atoms with van der Waals surface area (Å²) in [6, 6.07) is 0. The molecule has 0 radical (unpaired) electrons. The van der Waals surface area contributed by atoms with Crippen LogP contribution >= 0.6 is 0 Å². The monoisotopic (exact) mass is 307 g/mol. The summed E-state index contributed by atoms with van der Waals surface area (Å²) < 4.78 is 0. The standard InChI is InChI=1S/C16H25N3O3/c1-2-5-16(12-20)6-9-19(11-14(16)21)15(22)4-3-13-10-17-7-8-18-13/h7-8,10,14,20-21H,2-6,9,11-12H2,1H3/t14-,16-/m1/s1. The van der Waals surface area contributed by atoms with Gasteiger partial charge in [0.25, 0.3) is 0 Å². The number of carbonyl (C=O) groups excluding carboxylic acids is 1. The number of likely N-dealkylation sites (tertiary alicyclic amines) is 1. The van der Waals surface area contributed by atoms with E-state index in [-0.39, 0.29) is 12.5 Å². The smallest absolute Gasteiger partial charge is 0.223 e. The molecule has 0 spiro atoms. The number of β-amino-alcohol motifs (C(OH)–C–C–N with tert-alkyl or cyclic N) is 1. The molecule has 1 aromatic rings. The van der Waals surface area contributed by atoms with Gasteiger partial charge in [-0.05, 0) is 19.3 Å². The molecule has 1 aromatic heterocycles. The Morgan fingerprint density at radius 3 is 2.91 bits per heavy atom. The van der Waals surface area contributed by atoms with Crippen LogP contribution in [0, 0.1) is 5.41 Å². The number of piperidine rings is 1. The van der Waals surface area contributed by atoms with Gasteiger partial charge >= 0.3 is 0 Å². The SMILES string of the molecule is CCC[C@]1(CO)CCN(C(=O)CCc2cnccn2)C[C@H]1O. The summed E-state index contributed by atoms with van der Waals surface area (Å²) in [7, 11) is 0. The maximum absolute atomic E-state index is 12.3. The number of aliphatic hydroxyl groups excluding tert-OH is 2. The topological polar surface area (TPSA) is 86.5 Å². The minimum absolute atomic E-state index is 0.0211. The molecule has 0 bridgehead atoms. The summed E-state index contributed by atoms with van der Waals surface area (Å²) in [6.07, 6.45) is 7.49. The molecule has 2 atom stereocenters. The van der Waals surface area contributed by atoms with E-state index in [1.54, 1.807) is 23.5 Å². The van der Waals surface area contributed by atoms with E-state index < -0.39 is 11.5 Å². The lowest BCUT2D eigenvalue weighted by molar-refractivity contribution is -0.142. The molecule has 0 unspecified atom stereocenters. The Kier molecular flexibility index (Phi) is 5.85. The van der Waals surface area contributed by atoms with Crippen LogP contribution in [0.5, 0.6) is 0 Å². The fourth-order valence-electron chi connectivity index (χ4n) is 3.15. The minimum atomic E-state index is -0.660. The molecule has 0 aliphatic carbocycles. The average Bonchev–Trinajstić information content (AvgIpc) is 2.55. The fraction of sp³-hybridized carbons (Fsp3) is 0.688. The van der Waals surface area contributed by atoms with Crippen molar-refractivity contribution in [2.45, 2.75) is 45.1 Å². The Balaban J connectivity index is 1.88. The number of aromatic nitrogens is 2. The number of aliphatic hydroxyl groups is 2. The van der Waals surface area contributed by atoms with E-state index in [9.17, 15) is 15.0 Å². The Hall–Kier alpha value is -1.53. The number of nitrogens with zero attached hydrogens (tertiary/aromatic N) is 3. The van der Waals surface area contributed by atoms with E-state index in [0.29, 0.717) is 32.4 Å². The van der Waals surface area contributed by atoms with Gasteiger partial charge in [-0.2, -0.15) is 0 Å². The van der Waals surface area contributed by atoms with E-state index in [4.69, 9.17) is 0 Å². The van der Waals surface area contributed by atoms with Crippen LogP contribution in [0.25, 0.3) is 0 Å². The number of hydrogen-bond donors (Lipinski definition) is 2. The number of hydrogen-bond acceptors (Lipinski definition) is 5. The molecule has 0 saturated carbocycles. The maximum Gasteiger partial charge on any atom is 0.223 e. The van der Waals surface area contributed by atoms with Gasteiger partial charge in [0.2, 0.25) is 5.91 Å². The van der Waals surface area contributed by atoms with Crippen molar-refractivity contribution in [1.29, 1.82) is 0 Å². The second-order valence-corrected chi connectivity index (χ2v) is 6.07. The largest absolute Gasteiger partial charge is 0.396 e. The maximum atomic E-state index is 12.3. The lowest BCUT2D eigenvalue weighted by Crippen LogP contribution is -2.54. The van der Waals surface area contributed by atoms with Crippen molar-refractivity contribution in [2.75, 3.05) is 19.7 Å². The average molecular weight is 307 g/mol. The van der Waals surface area contributed by atoms with E-state index in [1.807, 2.05) is 6.92 Å². The van der Waals surface area contributed by atoms with Gasteiger partial charge in [0.1, 0.15) is 0 Å². The molecule has 1 amide bonds. The van der Waals surface area contributed by atoms with Crippen molar-refractivity contribution >= 4 is 5.91 Å². The minimum Gasteiger partial charge on any atom is -0.396 e. The molecular weight excluding hydrogens is 282 g/mol. The molecule has 0 aromatic carbocycles. The highest BCUT2D eigenvalue weighted by Gasteiger charge is 2.42. The molecule has 22 heavy (non-hydrogen) atoms.